The molecule has 2 nitrogen and oxygen atoms in total. The number of hydrogen-bond donors (Lipinski definition) is 1. The Morgan fingerprint density at radius 2 is 2.08 bits per heavy atom. The molecule has 13 heavy (non-hydrogen) atoms. The Morgan fingerprint density at radius 3 is 2.85 bits per heavy atom. The number of aromatic nitrogens is 1. The summed E-state index contributed by atoms with van der Waals surface area (Å²) in [6, 6.07) is 5.25. The summed E-state index contributed by atoms with van der Waals surface area (Å²) >= 11 is 9.10. The molecule has 2 aromatic rings. The van der Waals surface area contributed by atoms with Crippen molar-refractivity contribution in [1.29, 1.82) is 0 Å². The standard InChI is InChI=1S/C9H5BrClNO/c10-9-7-3-5(11)1-2-6(7)8(13)4-12-9/h1-4,13H. The normalized spacial score (nSPS) is 10.6. The van der Waals surface area contributed by atoms with Gasteiger partial charge in [-0.05, 0) is 34.1 Å². The van der Waals surface area contributed by atoms with Crippen molar-refractivity contribution in [3.8, 4) is 5.75 Å². The van der Waals surface area contributed by atoms with E-state index in [1.54, 1.807) is 18.2 Å². The molecule has 0 amide bonds. The molecule has 1 aromatic carbocycles. The first-order valence-corrected chi connectivity index (χ1v) is 4.78. The van der Waals surface area contributed by atoms with Gasteiger partial charge in [-0.3, -0.25) is 0 Å². The van der Waals surface area contributed by atoms with Gasteiger partial charge in [-0.25, -0.2) is 4.98 Å². The van der Waals surface area contributed by atoms with Crippen LogP contribution in [0.4, 0.5) is 0 Å². The van der Waals surface area contributed by atoms with E-state index in [9.17, 15) is 5.11 Å². The van der Waals surface area contributed by atoms with Gasteiger partial charge in [0.15, 0.2) is 0 Å². The zero-order valence-corrected chi connectivity index (χ0v) is 8.80. The first kappa shape index (κ1) is 8.78. The van der Waals surface area contributed by atoms with Crippen molar-refractivity contribution >= 4 is 38.3 Å². The van der Waals surface area contributed by atoms with Gasteiger partial charge in [-0.2, -0.15) is 0 Å². The van der Waals surface area contributed by atoms with Gasteiger partial charge in [0, 0.05) is 15.8 Å². The fourth-order valence-electron chi connectivity index (χ4n) is 1.17. The van der Waals surface area contributed by atoms with Crippen molar-refractivity contribution in [2.45, 2.75) is 0 Å². The Balaban J connectivity index is 2.92. The number of nitrogens with zero attached hydrogens (tertiary/aromatic N) is 1. The molecule has 0 bridgehead atoms. The first-order chi connectivity index (χ1) is 6.18. The average Bonchev–Trinajstić information content (AvgIpc) is 2.12. The van der Waals surface area contributed by atoms with Crippen molar-refractivity contribution in [2.75, 3.05) is 0 Å². The van der Waals surface area contributed by atoms with Crippen molar-refractivity contribution in [2.24, 2.45) is 0 Å². The van der Waals surface area contributed by atoms with Gasteiger partial charge >= 0.3 is 0 Å². The average molecular weight is 259 g/mol. The van der Waals surface area contributed by atoms with Gasteiger partial charge in [0.2, 0.25) is 0 Å². The largest absolute Gasteiger partial charge is 0.506 e. The molecule has 4 heteroatoms. The first-order valence-electron chi connectivity index (χ1n) is 3.61. The smallest absolute Gasteiger partial charge is 0.141 e. The van der Waals surface area contributed by atoms with Crippen LogP contribution in [0.5, 0.6) is 5.75 Å². The van der Waals surface area contributed by atoms with E-state index in [0.29, 0.717) is 9.63 Å². The minimum atomic E-state index is 0.162. The third-order valence-corrected chi connectivity index (χ3v) is 2.65. The molecule has 0 fully saturated rings. The van der Waals surface area contributed by atoms with E-state index in [2.05, 4.69) is 20.9 Å². The molecule has 2 rings (SSSR count). The van der Waals surface area contributed by atoms with Crippen LogP contribution in [0.2, 0.25) is 5.02 Å². The third kappa shape index (κ3) is 1.49. The minimum absolute atomic E-state index is 0.162. The molecule has 66 valence electrons. The van der Waals surface area contributed by atoms with Crippen LogP contribution in [0.25, 0.3) is 10.8 Å². The molecule has 0 aliphatic carbocycles. The fraction of sp³-hybridized carbons (Fsp3) is 0. The predicted octanol–water partition coefficient (Wildman–Crippen LogP) is 3.36. The molecule has 0 spiro atoms. The maximum Gasteiger partial charge on any atom is 0.141 e. The Bertz CT molecular complexity index is 472. The van der Waals surface area contributed by atoms with Crippen LogP contribution in [0.3, 0.4) is 0 Å². The number of halogens is 2. The minimum Gasteiger partial charge on any atom is -0.506 e. The second kappa shape index (κ2) is 3.16. The van der Waals surface area contributed by atoms with Crippen molar-refractivity contribution < 1.29 is 5.11 Å². The van der Waals surface area contributed by atoms with Crippen molar-refractivity contribution in [1.82, 2.24) is 4.98 Å². The summed E-state index contributed by atoms with van der Waals surface area (Å²) in [7, 11) is 0. The van der Waals surface area contributed by atoms with E-state index < -0.39 is 0 Å². The van der Waals surface area contributed by atoms with E-state index in [0.717, 1.165) is 10.8 Å². The van der Waals surface area contributed by atoms with Crippen LogP contribution >= 0.6 is 27.5 Å². The number of fused-ring (bicyclic) bond motifs is 1. The fourth-order valence-corrected chi connectivity index (χ4v) is 1.77. The Morgan fingerprint density at radius 1 is 1.31 bits per heavy atom. The lowest BCUT2D eigenvalue weighted by atomic mass is 10.2. The highest BCUT2D eigenvalue weighted by Crippen LogP contribution is 2.30. The van der Waals surface area contributed by atoms with E-state index in [1.807, 2.05) is 0 Å². The Hall–Kier alpha value is -0.800. The number of benzene rings is 1. The lowest BCUT2D eigenvalue weighted by Gasteiger charge is -2.02. The van der Waals surface area contributed by atoms with E-state index in [1.165, 1.54) is 6.20 Å². The van der Waals surface area contributed by atoms with Gasteiger partial charge < -0.3 is 5.11 Å². The monoisotopic (exact) mass is 257 g/mol. The second-order valence-electron chi connectivity index (χ2n) is 2.62. The maximum absolute atomic E-state index is 9.46. The molecule has 1 aromatic heterocycles. The zero-order valence-electron chi connectivity index (χ0n) is 6.46. The number of rotatable bonds is 0. The Kier molecular flexibility index (Phi) is 2.14. The molecule has 0 unspecified atom stereocenters. The SMILES string of the molecule is Oc1cnc(Br)c2cc(Cl)ccc12. The molecule has 1 heterocycles. The van der Waals surface area contributed by atoms with Gasteiger partial charge in [0.1, 0.15) is 10.4 Å². The van der Waals surface area contributed by atoms with Crippen molar-refractivity contribution in [3.05, 3.63) is 34.0 Å². The van der Waals surface area contributed by atoms with Gasteiger partial charge in [0.05, 0.1) is 6.20 Å². The van der Waals surface area contributed by atoms with E-state index >= 15 is 0 Å². The molecule has 0 radical (unpaired) electrons. The quantitative estimate of drug-likeness (QED) is 0.735. The van der Waals surface area contributed by atoms with Crippen LogP contribution in [-0.4, -0.2) is 10.1 Å². The van der Waals surface area contributed by atoms with Crippen LogP contribution in [0.1, 0.15) is 0 Å². The third-order valence-electron chi connectivity index (χ3n) is 1.78. The van der Waals surface area contributed by atoms with Gasteiger partial charge in [-0.1, -0.05) is 11.6 Å². The highest BCUT2D eigenvalue weighted by atomic mass is 79.9. The molecule has 0 atom stereocenters. The van der Waals surface area contributed by atoms with Crippen LogP contribution < -0.4 is 0 Å². The van der Waals surface area contributed by atoms with Crippen LogP contribution in [0, 0.1) is 0 Å². The summed E-state index contributed by atoms with van der Waals surface area (Å²) in [5.41, 5.74) is 0. The highest BCUT2D eigenvalue weighted by molar-refractivity contribution is 9.10. The van der Waals surface area contributed by atoms with Crippen molar-refractivity contribution in [3.63, 3.8) is 0 Å². The molecule has 0 aliphatic heterocycles. The molecule has 0 aliphatic rings. The summed E-state index contributed by atoms with van der Waals surface area (Å²) in [5.74, 6) is 0.162. The predicted molar refractivity (Wildman–Crippen MR) is 56.1 cm³/mol. The lowest BCUT2D eigenvalue weighted by molar-refractivity contribution is 0.479. The maximum atomic E-state index is 9.46. The highest BCUT2D eigenvalue weighted by Gasteiger charge is 2.04. The number of hydrogen-bond acceptors (Lipinski definition) is 2. The molecular formula is C9H5BrClNO. The topological polar surface area (TPSA) is 33.1 Å². The second-order valence-corrected chi connectivity index (χ2v) is 3.81. The molecule has 0 saturated heterocycles. The van der Waals surface area contributed by atoms with Gasteiger partial charge in [0.25, 0.3) is 0 Å². The van der Waals surface area contributed by atoms with E-state index in [-0.39, 0.29) is 5.75 Å². The molecular weight excluding hydrogens is 253 g/mol. The van der Waals surface area contributed by atoms with E-state index in [4.69, 9.17) is 11.6 Å². The molecule has 1 N–H and O–H groups in total. The lowest BCUT2D eigenvalue weighted by Crippen LogP contribution is -1.80. The van der Waals surface area contributed by atoms with Gasteiger partial charge in [-0.15, -0.1) is 0 Å². The number of aromatic hydroxyl groups is 1. The summed E-state index contributed by atoms with van der Waals surface area (Å²) in [5, 5.41) is 11.6. The summed E-state index contributed by atoms with van der Waals surface area (Å²) in [6.07, 6.45) is 1.40. The Labute approximate surface area is 88.3 Å². The molecule has 0 saturated carbocycles. The number of pyridine rings is 1. The summed E-state index contributed by atoms with van der Waals surface area (Å²) in [6.45, 7) is 0. The zero-order chi connectivity index (χ0) is 9.42. The van der Waals surface area contributed by atoms with Crippen LogP contribution in [0.15, 0.2) is 29.0 Å². The summed E-state index contributed by atoms with van der Waals surface area (Å²) in [4.78, 5) is 3.96. The summed E-state index contributed by atoms with van der Waals surface area (Å²) < 4.78 is 0.683. The van der Waals surface area contributed by atoms with Crippen LogP contribution in [-0.2, 0) is 0 Å².